The van der Waals surface area contributed by atoms with Crippen LogP contribution in [0.4, 0.5) is 5.69 Å². The molecule has 1 saturated heterocycles. The zero-order chi connectivity index (χ0) is 21.2. The Balaban J connectivity index is 1.18. The van der Waals surface area contributed by atoms with Crippen molar-refractivity contribution < 1.29 is 4.74 Å². The normalized spacial score (nSPS) is 22.1. The standard InChI is InChI=1S/C25H29ClN4O/c1-31-22-10-6-19(7-11-22)24-12-13-30(27-24)21-9-8-20(18-21)28-14-16-29(17-15-28)25-5-3-2-4-23(25)26/h2-7,10-13,20-21H,8-9,14-18H2,1H3/t20-,21+/m0/s1. The van der Waals surface area contributed by atoms with Gasteiger partial charge in [0.2, 0.25) is 0 Å². The molecule has 5 rings (SSSR count). The third kappa shape index (κ3) is 4.30. The van der Waals surface area contributed by atoms with E-state index in [0.717, 1.165) is 53.9 Å². The fourth-order valence-electron chi connectivity index (χ4n) is 5.00. The first-order valence-electron chi connectivity index (χ1n) is 11.1. The minimum Gasteiger partial charge on any atom is -0.497 e. The third-order valence-corrected chi connectivity index (χ3v) is 7.09. The van der Waals surface area contributed by atoms with Gasteiger partial charge in [-0.05, 0) is 61.7 Å². The van der Waals surface area contributed by atoms with Crippen LogP contribution in [0.3, 0.4) is 0 Å². The number of rotatable bonds is 5. The molecular weight excluding hydrogens is 408 g/mol. The average molecular weight is 437 g/mol. The van der Waals surface area contributed by atoms with E-state index < -0.39 is 0 Å². The molecule has 2 heterocycles. The summed E-state index contributed by atoms with van der Waals surface area (Å²) in [5, 5.41) is 5.74. The second-order valence-corrected chi connectivity index (χ2v) is 8.91. The van der Waals surface area contributed by atoms with Crippen LogP contribution >= 0.6 is 11.6 Å². The lowest BCUT2D eigenvalue weighted by Crippen LogP contribution is -2.49. The van der Waals surface area contributed by atoms with Crippen LogP contribution in [0, 0.1) is 0 Å². The van der Waals surface area contributed by atoms with Gasteiger partial charge in [-0.25, -0.2) is 0 Å². The Morgan fingerprint density at radius 2 is 1.65 bits per heavy atom. The molecule has 1 saturated carbocycles. The van der Waals surface area contributed by atoms with Gasteiger partial charge in [0.15, 0.2) is 0 Å². The topological polar surface area (TPSA) is 33.5 Å². The van der Waals surface area contributed by atoms with E-state index in [2.05, 4.69) is 51.0 Å². The van der Waals surface area contributed by atoms with Crippen LogP contribution in [-0.2, 0) is 0 Å². The monoisotopic (exact) mass is 436 g/mol. The van der Waals surface area contributed by atoms with E-state index in [4.69, 9.17) is 21.4 Å². The SMILES string of the molecule is COc1ccc(-c2ccn([C@@H]3CC[C@H](N4CCN(c5ccccc5Cl)CC4)C3)n2)cc1. The number of para-hydroxylation sites is 1. The molecule has 2 aliphatic rings. The summed E-state index contributed by atoms with van der Waals surface area (Å²) < 4.78 is 7.44. The van der Waals surface area contributed by atoms with Crippen LogP contribution in [0.2, 0.25) is 5.02 Å². The van der Waals surface area contributed by atoms with Gasteiger partial charge >= 0.3 is 0 Å². The van der Waals surface area contributed by atoms with Crippen LogP contribution in [-0.4, -0.2) is 54.0 Å². The summed E-state index contributed by atoms with van der Waals surface area (Å²) >= 11 is 6.40. The molecular formula is C25H29ClN4O. The van der Waals surface area contributed by atoms with Crippen LogP contribution in [0.1, 0.15) is 25.3 Å². The first-order valence-corrected chi connectivity index (χ1v) is 11.5. The first kappa shape index (κ1) is 20.4. The van der Waals surface area contributed by atoms with Crippen LogP contribution in [0.5, 0.6) is 5.75 Å². The van der Waals surface area contributed by atoms with Gasteiger partial charge in [0.05, 0.1) is 29.6 Å². The highest BCUT2D eigenvalue weighted by atomic mass is 35.5. The lowest BCUT2D eigenvalue weighted by atomic mass is 10.1. The molecule has 0 amide bonds. The van der Waals surface area contributed by atoms with Gasteiger partial charge in [-0.15, -0.1) is 0 Å². The smallest absolute Gasteiger partial charge is 0.118 e. The molecule has 2 fully saturated rings. The Hall–Kier alpha value is -2.50. The van der Waals surface area contributed by atoms with Gasteiger partial charge in [-0.1, -0.05) is 23.7 Å². The maximum atomic E-state index is 6.40. The summed E-state index contributed by atoms with van der Waals surface area (Å²) in [6.07, 6.45) is 5.76. The van der Waals surface area contributed by atoms with E-state index in [1.54, 1.807) is 7.11 Å². The van der Waals surface area contributed by atoms with Crippen molar-refractivity contribution >= 4 is 17.3 Å². The Bertz CT molecular complexity index is 1010. The molecule has 0 N–H and O–H groups in total. The number of aromatic nitrogens is 2. The fraction of sp³-hybridized carbons (Fsp3) is 0.400. The molecule has 3 aromatic rings. The first-order chi connectivity index (χ1) is 15.2. The van der Waals surface area contributed by atoms with Crippen molar-refractivity contribution in [1.82, 2.24) is 14.7 Å². The van der Waals surface area contributed by atoms with Crippen LogP contribution in [0.25, 0.3) is 11.3 Å². The van der Waals surface area contributed by atoms with Gasteiger partial charge in [0.25, 0.3) is 0 Å². The summed E-state index contributed by atoms with van der Waals surface area (Å²) in [7, 11) is 1.69. The number of benzene rings is 2. The summed E-state index contributed by atoms with van der Waals surface area (Å²) in [5.41, 5.74) is 3.32. The summed E-state index contributed by atoms with van der Waals surface area (Å²) in [6, 6.07) is 19.5. The van der Waals surface area contributed by atoms with Crippen molar-refractivity contribution in [3.05, 3.63) is 65.8 Å². The highest BCUT2D eigenvalue weighted by Crippen LogP contribution is 2.35. The van der Waals surface area contributed by atoms with Crippen molar-refractivity contribution in [3.8, 4) is 17.0 Å². The molecule has 31 heavy (non-hydrogen) atoms. The van der Waals surface area contributed by atoms with Crippen molar-refractivity contribution in [2.75, 3.05) is 38.2 Å². The second kappa shape index (κ2) is 8.93. The zero-order valence-corrected chi connectivity index (χ0v) is 18.7. The van der Waals surface area contributed by atoms with E-state index in [9.17, 15) is 0 Å². The quantitative estimate of drug-likeness (QED) is 0.555. The minimum atomic E-state index is 0.485. The van der Waals surface area contributed by atoms with E-state index in [0.29, 0.717) is 12.1 Å². The molecule has 1 aliphatic carbocycles. The largest absolute Gasteiger partial charge is 0.497 e. The van der Waals surface area contributed by atoms with Crippen LogP contribution < -0.4 is 9.64 Å². The molecule has 5 nitrogen and oxygen atoms in total. The van der Waals surface area contributed by atoms with Crippen molar-refractivity contribution in [2.24, 2.45) is 0 Å². The molecule has 1 aromatic heterocycles. The molecule has 162 valence electrons. The minimum absolute atomic E-state index is 0.485. The number of hydrogen-bond donors (Lipinski definition) is 0. The Kier molecular flexibility index (Phi) is 5.88. The van der Waals surface area contributed by atoms with E-state index >= 15 is 0 Å². The second-order valence-electron chi connectivity index (χ2n) is 8.50. The summed E-state index contributed by atoms with van der Waals surface area (Å²) in [4.78, 5) is 5.08. The number of methoxy groups -OCH3 is 1. The zero-order valence-electron chi connectivity index (χ0n) is 18.0. The molecule has 0 radical (unpaired) electrons. The summed E-state index contributed by atoms with van der Waals surface area (Å²) in [5.74, 6) is 0.872. The highest BCUT2D eigenvalue weighted by molar-refractivity contribution is 6.33. The lowest BCUT2D eigenvalue weighted by Gasteiger charge is -2.39. The average Bonchev–Trinajstić information content (AvgIpc) is 3.50. The Labute approximate surface area is 189 Å². The Morgan fingerprint density at radius 3 is 2.39 bits per heavy atom. The van der Waals surface area contributed by atoms with Gasteiger partial charge in [0.1, 0.15) is 5.75 Å². The predicted octanol–water partition coefficient (Wildman–Crippen LogP) is 5.13. The number of hydrogen-bond acceptors (Lipinski definition) is 4. The molecule has 1 aliphatic heterocycles. The molecule has 0 bridgehead atoms. The maximum Gasteiger partial charge on any atom is 0.118 e. The number of nitrogens with zero attached hydrogens (tertiary/aromatic N) is 4. The fourth-order valence-corrected chi connectivity index (χ4v) is 5.26. The summed E-state index contributed by atoms with van der Waals surface area (Å²) in [6.45, 7) is 4.26. The van der Waals surface area contributed by atoms with E-state index in [-0.39, 0.29) is 0 Å². The molecule has 6 heteroatoms. The number of piperazine rings is 1. The van der Waals surface area contributed by atoms with Gasteiger partial charge in [0, 0.05) is 44.0 Å². The Morgan fingerprint density at radius 1 is 0.903 bits per heavy atom. The van der Waals surface area contributed by atoms with E-state index in [1.807, 2.05) is 24.3 Å². The lowest BCUT2D eigenvalue weighted by molar-refractivity contribution is 0.183. The third-order valence-electron chi connectivity index (χ3n) is 6.77. The van der Waals surface area contributed by atoms with Crippen molar-refractivity contribution in [3.63, 3.8) is 0 Å². The highest BCUT2D eigenvalue weighted by Gasteiger charge is 2.32. The number of halogens is 1. The number of anilines is 1. The van der Waals surface area contributed by atoms with Gasteiger partial charge in [-0.3, -0.25) is 9.58 Å². The molecule has 0 spiro atoms. The maximum absolute atomic E-state index is 6.40. The van der Waals surface area contributed by atoms with Crippen LogP contribution in [0.15, 0.2) is 60.8 Å². The van der Waals surface area contributed by atoms with Crippen molar-refractivity contribution in [2.45, 2.75) is 31.3 Å². The molecule has 2 aromatic carbocycles. The van der Waals surface area contributed by atoms with Gasteiger partial charge in [-0.2, -0.15) is 5.10 Å². The molecule has 2 atom stereocenters. The predicted molar refractivity (Wildman–Crippen MR) is 126 cm³/mol. The van der Waals surface area contributed by atoms with E-state index in [1.165, 1.54) is 19.3 Å². The van der Waals surface area contributed by atoms with Crippen molar-refractivity contribution in [1.29, 1.82) is 0 Å². The van der Waals surface area contributed by atoms with Gasteiger partial charge < -0.3 is 9.64 Å². The molecule has 0 unspecified atom stereocenters. The number of ether oxygens (including phenoxy) is 1.